The van der Waals surface area contributed by atoms with Crippen molar-refractivity contribution in [2.75, 3.05) is 13.1 Å². The van der Waals surface area contributed by atoms with Crippen molar-refractivity contribution in [2.24, 2.45) is 0 Å². The van der Waals surface area contributed by atoms with Gasteiger partial charge in [0.1, 0.15) is 0 Å². The largest absolute Gasteiger partial charge is 0.353 e. The molecule has 1 aromatic rings. The zero-order valence-electron chi connectivity index (χ0n) is 11.3. The van der Waals surface area contributed by atoms with Gasteiger partial charge in [0, 0.05) is 24.9 Å². The molecule has 2 aliphatic rings. The second-order valence-electron chi connectivity index (χ2n) is 5.75. The van der Waals surface area contributed by atoms with Gasteiger partial charge in [0.2, 0.25) is 5.91 Å². The predicted octanol–water partition coefficient (Wildman–Crippen LogP) is 1.97. The molecule has 0 aromatic heterocycles. The fourth-order valence-corrected chi connectivity index (χ4v) is 2.72. The van der Waals surface area contributed by atoms with E-state index in [2.05, 4.69) is 34.9 Å². The molecule has 1 saturated carbocycles. The molecule has 102 valence electrons. The van der Waals surface area contributed by atoms with Crippen LogP contribution >= 0.6 is 0 Å². The maximum atomic E-state index is 11.5. The van der Waals surface area contributed by atoms with Gasteiger partial charge in [0.25, 0.3) is 0 Å². The van der Waals surface area contributed by atoms with E-state index in [0.717, 1.165) is 19.5 Å². The average Bonchev–Trinajstić information content (AvgIpc) is 3.18. The molecule has 1 aromatic carbocycles. The second-order valence-corrected chi connectivity index (χ2v) is 5.75. The minimum Gasteiger partial charge on any atom is -0.353 e. The van der Waals surface area contributed by atoms with Gasteiger partial charge in [-0.25, -0.2) is 0 Å². The van der Waals surface area contributed by atoms with Crippen LogP contribution in [0, 0.1) is 0 Å². The summed E-state index contributed by atoms with van der Waals surface area (Å²) < 4.78 is 0. The van der Waals surface area contributed by atoms with Crippen molar-refractivity contribution in [3.05, 3.63) is 35.4 Å². The van der Waals surface area contributed by atoms with E-state index in [1.165, 1.54) is 30.4 Å². The van der Waals surface area contributed by atoms with Crippen molar-refractivity contribution in [2.45, 2.75) is 44.1 Å². The molecule has 2 N–H and O–H groups in total. The molecule has 0 bridgehead atoms. The monoisotopic (exact) mass is 258 g/mol. The minimum absolute atomic E-state index is 0.221. The van der Waals surface area contributed by atoms with Crippen molar-refractivity contribution < 1.29 is 4.79 Å². The van der Waals surface area contributed by atoms with Crippen LogP contribution in [-0.4, -0.2) is 25.0 Å². The molecule has 0 aliphatic heterocycles. The SMILES string of the molecule is O=C(CCCNCC1Cc2ccccc21)NC1CC1. The van der Waals surface area contributed by atoms with Crippen LogP contribution in [-0.2, 0) is 11.2 Å². The highest BCUT2D eigenvalue weighted by Crippen LogP contribution is 2.33. The van der Waals surface area contributed by atoms with Crippen LogP contribution in [0.4, 0.5) is 0 Å². The zero-order valence-corrected chi connectivity index (χ0v) is 11.3. The van der Waals surface area contributed by atoms with Gasteiger partial charge in [0.15, 0.2) is 0 Å². The summed E-state index contributed by atoms with van der Waals surface area (Å²) in [5, 5.41) is 6.49. The lowest BCUT2D eigenvalue weighted by molar-refractivity contribution is -0.121. The molecule has 19 heavy (non-hydrogen) atoms. The first-order chi connectivity index (χ1) is 9.33. The third kappa shape index (κ3) is 3.35. The summed E-state index contributed by atoms with van der Waals surface area (Å²) >= 11 is 0. The minimum atomic E-state index is 0.221. The Morgan fingerprint density at radius 2 is 2.11 bits per heavy atom. The van der Waals surface area contributed by atoms with Gasteiger partial charge in [-0.15, -0.1) is 0 Å². The molecular weight excluding hydrogens is 236 g/mol. The van der Waals surface area contributed by atoms with E-state index in [0.29, 0.717) is 18.4 Å². The molecule has 3 heteroatoms. The van der Waals surface area contributed by atoms with Crippen LogP contribution in [0.25, 0.3) is 0 Å². The van der Waals surface area contributed by atoms with Crippen molar-refractivity contribution in [1.29, 1.82) is 0 Å². The highest BCUT2D eigenvalue weighted by atomic mass is 16.1. The molecule has 1 unspecified atom stereocenters. The van der Waals surface area contributed by atoms with E-state index in [9.17, 15) is 4.79 Å². The first-order valence-corrected chi connectivity index (χ1v) is 7.41. The average molecular weight is 258 g/mol. The molecule has 0 radical (unpaired) electrons. The Kier molecular flexibility index (Phi) is 3.83. The van der Waals surface area contributed by atoms with Crippen molar-refractivity contribution >= 4 is 5.91 Å². The lowest BCUT2D eigenvalue weighted by Gasteiger charge is -2.30. The maximum absolute atomic E-state index is 11.5. The van der Waals surface area contributed by atoms with Gasteiger partial charge in [-0.3, -0.25) is 4.79 Å². The number of carbonyl (C=O) groups is 1. The van der Waals surface area contributed by atoms with Gasteiger partial charge < -0.3 is 10.6 Å². The Morgan fingerprint density at radius 1 is 1.26 bits per heavy atom. The predicted molar refractivity (Wildman–Crippen MR) is 76.2 cm³/mol. The van der Waals surface area contributed by atoms with Crippen LogP contribution < -0.4 is 10.6 Å². The van der Waals surface area contributed by atoms with E-state index >= 15 is 0 Å². The van der Waals surface area contributed by atoms with Crippen LogP contribution in [0.1, 0.15) is 42.7 Å². The van der Waals surface area contributed by atoms with Crippen molar-refractivity contribution in [3.8, 4) is 0 Å². The van der Waals surface area contributed by atoms with Crippen LogP contribution in [0.3, 0.4) is 0 Å². The second kappa shape index (κ2) is 5.74. The first kappa shape index (κ1) is 12.7. The molecule has 2 aliphatic carbocycles. The van der Waals surface area contributed by atoms with E-state index in [4.69, 9.17) is 0 Å². The van der Waals surface area contributed by atoms with E-state index in [-0.39, 0.29) is 5.91 Å². The summed E-state index contributed by atoms with van der Waals surface area (Å²) in [5.41, 5.74) is 3.00. The molecule has 3 rings (SSSR count). The van der Waals surface area contributed by atoms with E-state index in [1.54, 1.807) is 0 Å². The van der Waals surface area contributed by atoms with Gasteiger partial charge in [-0.1, -0.05) is 24.3 Å². The van der Waals surface area contributed by atoms with Crippen LogP contribution in [0.15, 0.2) is 24.3 Å². The standard InChI is InChI=1S/C16H22N2O/c19-16(18-14-7-8-14)6-3-9-17-11-13-10-12-4-1-2-5-15(12)13/h1-2,4-5,13-14,17H,3,6-11H2,(H,18,19). The summed E-state index contributed by atoms with van der Waals surface area (Å²) in [5.74, 6) is 0.898. The Labute approximate surface area is 114 Å². The lowest BCUT2D eigenvalue weighted by atomic mass is 9.77. The summed E-state index contributed by atoms with van der Waals surface area (Å²) in [4.78, 5) is 11.5. The fraction of sp³-hybridized carbons (Fsp3) is 0.562. The number of amides is 1. The van der Waals surface area contributed by atoms with Gasteiger partial charge >= 0.3 is 0 Å². The number of carbonyl (C=O) groups excluding carboxylic acids is 1. The molecule has 0 spiro atoms. The van der Waals surface area contributed by atoms with Crippen LogP contribution in [0.5, 0.6) is 0 Å². The van der Waals surface area contributed by atoms with Crippen molar-refractivity contribution in [3.63, 3.8) is 0 Å². The van der Waals surface area contributed by atoms with Crippen molar-refractivity contribution in [1.82, 2.24) is 10.6 Å². The molecule has 0 saturated heterocycles. The molecule has 3 nitrogen and oxygen atoms in total. The topological polar surface area (TPSA) is 41.1 Å². The smallest absolute Gasteiger partial charge is 0.220 e. The normalized spacial score (nSPS) is 20.5. The number of fused-ring (bicyclic) bond motifs is 1. The summed E-state index contributed by atoms with van der Waals surface area (Å²) in [6.45, 7) is 1.98. The maximum Gasteiger partial charge on any atom is 0.220 e. The number of hydrogen-bond donors (Lipinski definition) is 2. The summed E-state index contributed by atoms with van der Waals surface area (Å²) in [7, 11) is 0. The molecule has 0 heterocycles. The quantitative estimate of drug-likeness (QED) is 0.734. The Morgan fingerprint density at radius 3 is 2.89 bits per heavy atom. The van der Waals surface area contributed by atoms with E-state index < -0.39 is 0 Å². The Balaban J connectivity index is 1.27. The Bertz CT molecular complexity index is 454. The molecule has 1 amide bonds. The summed E-state index contributed by atoms with van der Waals surface area (Å²) in [6.07, 6.45) is 5.14. The first-order valence-electron chi connectivity index (χ1n) is 7.41. The zero-order chi connectivity index (χ0) is 13.1. The molecule has 1 fully saturated rings. The molecular formula is C16H22N2O. The highest BCUT2D eigenvalue weighted by molar-refractivity contribution is 5.76. The number of benzene rings is 1. The molecule has 1 atom stereocenters. The van der Waals surface area contributed by atoms with Crippen LogP contribution in [0.2, 0.25) is 0 Å². The summed E-state index contributed by atoms with van der Waals surface area (Å²) in [6, 6.07) is 9.17. The van der Waals surface area contributed by atoms with Gasteiger partial charge in [-0.05, 0) is 43.4 Å². The van der Waals surface area contributed by atoms with E-state index in [1.807, 2.05) is 0 Å². The number of nitrogens with one attached hydrogen (secondary N) is 2. The number of rotatable bonds is 7. The lowest BCUT2D eigenvalue weighted by Crippen LogP contribution is -2.30. The number of hydrogen-bond acceptors (Lipinski definition) is 2. The highest BCUT2D eigenvalue weighted by Gasteiger charge is 2.24. The fourth-order valence-electron chi connectivity index (χ4n) is 2.72. The Hall–Kier alpha value is -1.35. The third-order valence-electron chi connectivity index (χ3n) is 4.05. The van der Waals surface area contributed by atoms with Gasteiger partial charge in [0.05, 0.1) is 0 Å². The van der Waals surface area contributed by atoms with Gasteiger partial charge in [-0.2, -0.15) is 0 Å². The third-order valence-corrected chi connectivity index (χ3v) is 4.05.